The molecular weight excluding hydrogens is 507 g/mol. The number of aryl methyl sites for hydroxylation is 1. The topological polar surface area (TPSA) is 90.3 Å². The predicted octanol–water partition coefficient (Wildman–Crippen LogP) is 5.04. The Bertz CT molecular complexity index is 1360. The van der Waals surface area contributed by atoms with E-state index >= 15 is 0 Å². The van der Waals surface area contributed by atoms with Crippen molar-refractivity contribution in [1.29, 1.82) is 0 Å². The van der Waals surface area contributed by atoms with Crippen LogP contribution in [0.15, 0.2) is 47.6 Å². The van der Waals surface area contributed by atoms with Gasteiger partial charge in [0.05, 0.1) is 28.7 Å². The summed E-state index contributed by atoms with van der Waals surface area (Å²) in [5.41, 5.74) is 1.82. The fourth-order valence-corrected chi connectivity index (χ4v) is 5.60. The van der Waals surface area contributed by atoms with E-state index in [-0.39, 0.29) is 48.5 Å². The van der Waals surface area contributed by atoms with Crippen LogP contribution in [0.4, 0.5) is 13.2 Å². The summed E-state index contributed by atoms with van der Waals surface area (Å²) >= 11 is 0. The van der Waals surface area contributed by atoms with Crippen LogP contribution in [0, 0.1) is 11.8 Å². The normalized spacial score (nSPS) is 18.6. The number of fused-ring (bicyclic) bond motifs is 1. The van der Waals surface area contributed by atoms with E-state index in [1.165, 1.54) is 12.1 Å². The van der Waals surface area contributed by atoms with Gasteiger partial charge in [0.1, 0.15) is 5.52 Å². The molecule has 0 unspecified atom stereocenters. The molecule has 0 atom stereocenters. The standard InChI is InChI=1S/C26H30F3N3O4S/c1-3-37(34,35)20-10-6-17(7-11-20)14-31-24(33)22-15-32(2)23-21(22)12-13-30-25(23)36-16-18-4-8-19(9-5-18)26(27,28)29/h6-7,10-13,15,18-19H,3-5,8-9,14,16H2,1-2H3,(H,31,33)/t18-,19-. The molecule has 1 aliphatic carbocycles. The molecular formula is C26H30F3N3O4S. The fraction of sp³-hybridized carbons (Fsp3) is 0.462. The van der Waals surface area contributed by atoms with Crippen molar-refractivity contribution in [2.24, 2.45) is 18.9 Å². The van der Waals surface area contributed by atoms with Gasteiger partial charge in [0.15, 0.2) is 9.84 Å². The molecule has 11 heteroatoms. The Morgan fingerprint density at radius 1 is 1.14 bits per heavy atom. The van der Waals surface area contributed by atoms with Gasteiger partial charge in [-0.15, -0.1) is 0 Å². The molecule has 4 rings (SSSR count). The number of amides is 1. The monoisotopic (exact) mass is 537 g/mol. The van der Waals surface area contributed by atoms with Crippen molar-refractivity contribution >= 4 is 26.6 Å². The minimum Gasteiger partial charge on any atom is -0.476 e. The average Bonchev–Trinajstić information content (AvgIpc) is 3.23. The van der Waals surface area contributed by atoms with E-state index in [1.807, 2.05) is 0 Å². The van der Waals surface area contributed by atoms with E-state index < -0.39 is 21.9 Å². The molecule has 0 saturated heterocycles. The van der Waals surface area contributed by atoms with Crippen LogP contribution in [0.2, 0.25) is 0 Å². The lowest BCUT2D eigenvalue weighted by molar-refractivity contribution is -0.184. The Morgan fingerprint density at radius 3 is 2.43 bits per heavy atom. The number of hydrogen-bond donors (Lipinski definition) is 1. The summed E-state index contributed by atoms with van der Waals surface area (Å²) in [7, 11) is -1.52. The molecule has 0 radical (unpaired) electrons. The second kappa shape index (κ2) is 10.7. The summed E-state index contributed by atoms with van der Waals surface area (Å²) in [4.78, 5) is 17.5. The lowest BCUT2D eigenvalue weighted by Gasteiger charge is -2.29. The van der Waals surface area contributed by atoms with Gasteiger partial charge >= 0.3 is 6.18 Å². The van der Waals surface area contributed by atoms with E-state index in [0.717, 1.165) is 5.56 Å². The third kappa shape index (κ3) is 6.08. The molecule has 37 heavy (non-hydrogen) atoms. The molecule has 1 saturated carbocycles. The summed E-state index contributed by atoms with van der Waals surface area (Å²) in [6.07, 6.45) is 0.209. The van der Waals surface area contributed by atoms with E-state index in [0.29, 0.717) is 35.2 Å². The maximum absolute atomic E-state index is 13.0. The van der Waals surface area contributed by atoms with Gasteiger partial charge in [-0.1, -0.05) is 19.1 Å². The SMILES string of the molecule is CCS(=O)(=O)c1ccc(CNC(=O)c2cn(C)c3c(OC[C@H]4CC[C@H](C(F)(F)F)CC4)nccc23)cc1. The van der Waals surface area contributed by atoms with Gasteiger partial charge in [0, 0.05) is 31.4 Å². The van der Waals surface area contributed by atoms with Gasteiger partial charge in [0.2, 0.25) is 5.88 Å². The Kier molecular flexibility index (Phi) is 7.82. The summed E-state index contributed by atoms with van der Waals surface area (Å²) < 4.78 is 70.4. The van der Waals surface area contributed by atoms with E-state index in [1.54, 1.807) is 49.1 Å². The highest BCUT2D eigenvalue weighted by molar-refractivity contribution is 7.91. The van der Waals surface area contributed by atoms with Crippen LogP contribution < -0.4 is 10.1 Å². The number of benzene rings is 1. The smallest absolute Gasteiger partial charge is 0.391 e. The van der Waals surface area contributed by atoms with Gasteiger partial charge in [0.25, 0.3) is 5.91 Å². The number of carbonyl (C=O) groups excluding carboxylic acids is 1. The quantitative estimate of drug-likeness (QED) is 0.435. The molecule has 0 spiro atoms. The molecule has 1 aliphatic rings. The second-order valence-electron chi connectivity index (χ2n) is 9.47. The van der Waals surface area contributed by atoms with Gasteiger partial charge in [-0.05, 0) is 55.4 Å². The maximum Gasteiger partial charge on any atom is 0.391 e. The highest BCUT2D eigenvalue weighted by atomic mass is 32.2. The minimum atomic E-state index is -4.14. The zero-order valence-electron chi connectivity index (χ0n) is 20.7. The number of nitrogens with one attached hydrogen (secondary N) is 1. The first-order valence-corrected chi connectivity index (χ1v) is 13.9. The number of carbonyl (C=O) groups is 1. The van der Waals surface area contributed by atoms with Crippen LogP contribution in [-0.2, 0) is 23.4 Å². The summed E-state index contributed by atoms with van der Waals surface area (Å²) in [5.74, 6) is -1.16. The van der Waals surface area contributed by atoms with Crippen molar-refractivity contribution in [2.45, 2.75) is 50.2 Å². The Morgan fingerprint density at radius 2 is 1.81 bits per heavy atom. The zero-order chi connectivity index (χ0) is 26.8. The van der Waals surface area contributed by atoms with E-state index in [2.05, 4.69) is 10.3 Å². The molecule has 0 aliphatic heterocycles. The van der Waals surface area contributed by atoms with Crippen molar-refractivity contribution in [1.82, 2.24) is 14.9 Å². The number of hydrogen-bond acceptors (Lipinski definition) is 5. The largest absolute Gasteiger partial charge is 0.476 e. The van der Waals surface area contributed by atoms with Gasteiger partial charge in [-0.2, -0.15) is 13.2 Å². The fourth-order valence-electron chi connectivity index (χ4n) is 4.72. The first-order valence-electron chi connectivity index (χ1n) is 12.2. The van der Waals surface area contributed by atoms with Crippen LogP contribution in [0.3, 0.4) is 0 Å². The number of pyridine rings is 1. The molecule has 2 heterocycles. The van der Waals surface area contributed by atoms with Crippen molar-refractivity contribution in [2.75, 3.05) is 12.4 Å². The summed E-state index contributed by atoms with van der Waals surface area (Å²) in [6.45, 7) is 2.08. The molecule has 0 bridgehead atoms. The zero-order valence-corrected chi connectivity index (χ0v) is 21.5. The van der Waals surface area contributed by atoms with Crippen LogP contribution in [-0.4, -0.2) is 42.4 Å². The summed E-state index contributed by atoms with van der Waals surface area (Å²) in [5, 5.41) is 3.51. The lowest BCUT2D eigenvalue weighted by Crippen LogP contribution is -2.29. The molecule has 1 aromatic carbocycles. The van der Waals surface area contributed by atoms with Crippen LogP contribution in [0.1, 0.15) is 48.5 Å². The number of rotatable bonds is 8. The molecule has 2 aromatic heterocycles. The highest BCUT2D eigenvalue weighted by Crippen LogP contribution is 2.39. The number of aromatic nitrogens is 2. The summed E-state index contributed by atoms with van der Waals surface area (Å²) in [6, 6.07) is 8.12. The van der Waals surface area contributed by atoms with E-state index in [4.69, 9.17) is 4.74 Å². The van der Waals surface area contributed by atoms with Crippen LogP contribution >= 0.6 is 0 Å². The third-order valence-corrected chi connectivity index (χ3v) is 8.73. The number of sulfone groups is 1. The number of halogens is 3. The van der Waals surface area contributed by atoms with Crippen LogP contribution in [0.25, 0.3) is 10.9 Å². The molecule has 1 N–H and O–H groups in total. The number of nitrogens with zero attached hydrogens (tertiary/aromatic N) is 2. The number of alkyl halides is 3. The van der Waals surface area contributed by atoms with Crippen molar-refractivity contribution in [3.8, 4) is 5.88 Å². The Hall–Kier alpha value is -3.08. The Balaban J connectivity index is 1.41. The molecule has 200 valence electrons. The Labute approximate surface area is 213 Å². The highest BCUT2D eigenvalue weighted by Gasteiger charge is 2.41. The molecule has 1 amide bonds. The van der Waals surface area contributed by atoms with Gasteiger partial charge in [-0.3, -0.25) is 4.79 Å². The predicted molar refractivity (Wildman–Crippen MR) is 133 cm³/mol. The van der Waals surface area contributed by atoms with E-state index in [9.17, 15) is 26.4 Å². The van der Waals surface area contributed by atoms with Crippen LogP contribution in [0.5, 0.6) is 5.88 Å². The third-order valence-electron chi connectivity index (χ3n) is 6.98. The second-order valence-corrected chi connectivity index (χ2v) is 11.7. The van der Waals surface area contributed by atoms with Crippen molar-refractivity contribution in [3.63, 3.8) is 0 Å². The number of ether oxygens (including phenoxy) is 1. The first kappa shape index (κ1) is 27.0. The first-order chi connectivity index (χ1) is 17.5. The minimum absolute atomic E-state index is 0.0178. The van der Waals surface area contributed by atoms with Gasteiger partial charge in [-0.25, -0.2) is 13.4 Å². The maximum atomic E-state index is 13.0. The van der Waals surface area contributed by atoms with Gasteiger partial charge < -0.3 is 14.6 Å². The molecule has 7 nitrogen and oxygen atoms in total. The van der Waals surface area contributed by atoms with Crippen molar-refractivity contribution < 1.29 is 31.1 Å². The average molecular weight is 538 g/mol. The molecule has 3 aromatic rings. The lowest BCUT2D eigenvalue weighted by atomic mass is 9.82. The van der Waals surface area contributed by atoms with Crippen molar-refractivity contribution in [3.05, 3.63) is 53.9 Å². The molecule has 1 fully saturated rings.